The SMILES string of the molecule is COc1ccc(C(=O)NCC(=O)Nc2ccc(Cl)c(Cl)c2)cc1[N+](=O)[O-]. The number of anilines is 1. The molecule has 0 saturated heterocycles. The summed E-state index contributed by atoms with van der Waals surface area (Å²) in [5.74, 6) is -1.11. The van der Waals surface area contributed by atoms with Gasteiger partial charge in [0.15, 0.2) is 5.75 Å². The van der Waals surface area contributed by atoms with Gasteiger partial charge in [-0.05, 0) is 30.3 Å². The van der Waals surface area contributed by atoms with Gasteiger partial charge < -0.3 is 15.4 Å². The highest BCUT2D eigenvalue weighted by atomic mass is 35.5. The zero-order chi connectivity index (χ0) is 19.3. The van der Waals surface area contributed by atoms with Crippen LogP contribution in [0, 0.1) is 10.1 Å². The number of nitrogens with zero attached hydrogens (tertiary/aromatic N) is 1. The molecular weight excluding hydrogens is 385 g/mol. The smallest absolute Gasteiger partial charge is 0.311 e. The number of carbonyl (C=O) groups is 2. The molecule has 0 unspecified atom stereocenters. The predicted octanol–water partition coefficient (Wildman–Crippen LogP) is 3.28. The zero-order valence-electron chi connectivity index (χ0n) is 13.4. The van der Waals surface area contributed by atoms with Gasteiger partial charge >= 0.3 is 5.69 Å². The van der Waals surface area contributed by atoms with Gasteiger partial charge in [-0.3, -0.25) is 19.7 Å². The maximum Gasteiger partial charge on any atom is 0.311 e. The Morgan fingerprint density at radius 3 is 2.50 bits per heavy atom. The van der Waals surface area contributed by atoms with Gasteiger partial charge in [0.1, 0.15) is 0 Å². The van der Waals surface area contributed by atoms with Crippen LogP contribution in [-0.2, 0) is 4.79 Å². The molecule has 0 heterocycles. The second-order valence-electron chi connectivity index (χ2n) is 5.00. The number of nitro benzene ring substituents is 1. The van der Waals surface area contributed by atoms with Crippen LogP contribution in [0.1, 0.15) is 10.4 Å². The van der Waals surface area contributed by atoms with Crippen molar-refractivity contribution in [2.45, 2.75) is 0 Å². The quantitative estimate of drug-likeness (QED) is 0.573. The third-order valence-corrected chi connectivity index (χ3v) is 3.99. The molecule has 10 heteroatoms. The number of benzene rings is 2. The van der Waals surface area contributed by atoms with Gasteiger partial charge in [0.2, 0.25) is 5.91 Å². The van der Waals surface area contributed by atoms with Crippen LogP contribution in [0.5, 0.6) is 5.75 Å². The van der Waals surface area contributed by atoms with Crippen LogP contribution < -0.4 is 15.4 Å². The Morgan fingerprint density at radius 1 is 1.15 bits per heavy atom. The highest BCUT2D eigenvalue weighted by Gasteiger charge is 2.18. The fourth-order valence-corrected chi connectivity index (χ4v) is 2.31. The number of amides is 2. The van der Waals surface area contributed by atoms with Crippen molar-refractivity contribution >= 4 is 46.4 Å². The maximum atomic E-state index is 12.1. The first-order chi connectivity index (χ1) is 12.3. The van der Waals surface area contributed by atoms with Crippen molar-refractivity contribution in [2.75, 3.05) is 19.0 Å². The van der Waals surface area contributed by atoms with Crippen LogP contribution in [0.15, 0.2) is 36.4 Å². The molecule has 136 valence electrons. The molecule has 0 aliphatic rings. The second-order valence-corrected chi connectivity index (χ2v) is 5.82. The fraction of sp³-hybridized carbons (Fsp3) is 0.125. The van der Waals surface area contributed by atoms with E-state index in [-0.39, 0.29) is 28.6 Å². The Hall–Kier alpha value is -2.84. The molecule has 0 aromatic heterocycles. The molecule has 0 aliphatic heterocycles. The van der Waals surface area contributed by atoms with Gasteiger partial charge in [0.25, 0.3) is 5.91 Å². The zero-order valence-corrected chi connectivity index (χ0v) is 14.9. The topological polar surface area (TPSA) is 111 Å². The normalized spacial score (nSPS) is 10.1. The number of hydrogen-bond acceptors (Lipinski definition) is 5. The highest BCUT2D eigenvalue weighted by Crippen LogP contribution is 2.27. The molecule has 2 rings (SSSR count). The highest BCUT2D eigenvalue weighted by molar-refractivity contribution is 6.42. The lowest BCUT2D eigenvalue weighted by molar-refractivity contribution is -0.385. The fourth-order valence-electron chi connectivity index (χ4n) is 2.02. The number of nitrogens with one attached hydrogen (secondary N) is 2. The predicted molar refractivity (Wildman–Crippen MR) is 97.1 cm³/mol. The summed E-state index contributed by atoms with van der Waals surface area (Å²) in [6.07, 6.45) is 0. The Morgan fingerprint density at radius 2 is 1.88 bits per heavy atom. The first-order valence-corrected chi connectivity index (χ1v) is 7.93. The van der Waals surface area contributed by atoms with E-state index in [4.69, 9.17) is 27.9 Å². The van der Waals surface area contributed by atoms with Crippen LogP contribution in [0.3, 0.4) is 0 Å². The lowest BCUT2D eigenvalue weighted by Gasteiger charge is -2.08. The minimum absolute atomic E-state index is 0.0276. The Balaban J connectivity index is 1.99. The molecule has 0 aliphatic carbocycles. The van der Waals surface area contributed by atoms with Crippen molar-refractivity contribution in [1.82, 2.24) is 5.32 Å². The first kappa shape index (κ1) is 19.5. The molecule has 0 fully saturated rings. The molecule has 2 amide bonds. The van der Waals surface area contributed by atoms with E-state index < -0.39 is 16.7 Å². The van der Waals surface area contributed by atoms with Gasteiger partial charge in [-0.2, -0.15) is 0 Å². The summed E-state index contributed by atoms with van der Waals surface area (Å²) in [6.45, 7) is -0.334. The Kier molecular flexibility index (Phi) is 6.37. The van der Waals surface area contributed by atoms with E-state index >= 15 is 0 Å². The number of halogens is 2. The average molecular weight is 398 g/mol. The summed E-state index contributed by atoms with van der Waals surface area (Å²) in [5.41, 5.74) is 0.0963. The summed E-state index contributed by atoms with van der Waals surface area (Å²) in [5, 5.41) is 16.5. The number of carbonyl (C=O) groups excluding carboxylic acids is 2. The van der Waals surface area contributed by atoms with Crippen LogP contribution in [0.25, 0.3) is 0 Å². The Bertz CT molecular complexity index is 873. The van der Waals surface area contributed by atoms with E-state index in [0.717, 1.165) is 6.07 Å². The largest absolute Gasteiger partial charge is 0.490 e. The molecule has 2 aromatic rings. The monoisotopic (exact) mass is 397 g/mol. The maximum absolute atomic E-state index is 12.1. The van der Waals surface area contributed by atoms with Gasteiger partial charge in [-0.15, -0.1) is 0 Å². The lowest BCUT2D eigenvalue weighted by atomic mass is 10.1. The van der Waals surface area contributed by atoms with Crippen molar-refractivity contribution < 1.29 is 19.2 Å². The van der Waals surface area contributed by atoms with E-state index in [1.54, 1.807) is 6.07 Å². The van der Waals surface area contributed by atoms with Gasteiger partial charge in [-0.1, -0.05) is 23.2 Å². The summed E-state index contributed by atoms with van der Waals surface area (Å²) in [7, 11) is 1.29. The average Bonchev–Trinajstić information content (AvgIpc) is 2.62. The molecule has 8 nitrogen and oxygen atoms in total. The molecule has 2 N–H and O–H groups in total. The minimum atomic E-state index is -0.660. The number of methoxy groups -OCH3 is 1. The first-order valence-electron chi connectivity index (χ1n) is 7.17. The van der Waals surface area contributed by atoms with E-state index in [0.29, 0.717) is 10.7 Å². The van der Waals surface area contributed by atoms with E-state index in [1.165, 1.54) is 31.4 Å². The summed E-state index contributed by atoms with van der Waals surface area (Å²) >= 11 is 11.6. The van der Waals surface area contributed by atoms with Crippen LogP contribution in [0.4, 0.5) is 11.4 Å². The summed E-state index contributed by atoms with van der Waals surface area (Å²) < 4.78 is 4.87. The number of rotatable bonds is 6. The third-order valence-electron chi connectivity index (χ3n) is 3.25. The molecule has 0 bridgehead atoms. The molecule has 0 saturated carbocycles. The van der Waals surface area contributed by atoms with Crippen LogP contribution in [0.2, 0.25) is 10.0 Å². The van der Waals surface area contributed by atoms with Crippen molar-refractivity contribution in [3.8, 4) is 5.75 Å². The van der Waals surface area contributed by atoms with Gasteiger partial charge in [0.05, 0.1) is 28.6 Å². The minimum Gasteiger partial charge on any atom is -0.490 e. The molecule has 2 aromatic carbocycles. The summed E-state index contributed by atoms with van der Waals surface area (Å²) in [4.78, 5) is 34.3. The van der Waals surface area contributed by atoms with Crippen molar-refractivity contribution in [3.05, 3.63) is 62.1 Å². The van der Waals surface area contributed by atoms with E-state index in [1.807, 2.05) is 0 Å². The summed E-state index contributed by atoms with van der Waals surface area (Å²) in [6, 6.07) is 8.29. The van der Waals surface area contributed by atoms with E-state index in [2.05, 4.69) is 10.6 Å². The molecule has 0 radical (unpaired) electrons. The van der Waals surface area contributed by atoms with Gasteiger partial charge in [-0.25, -0.2) is 0 Å². The van der Waals surface area contributed by atoms with Gasteiger partial charge in [0, 0.05) is 17.3 Å². The second kappa shape index (κ2) is 8.50. The molecule has 0 spiro atoms. The van der Waals surface area contributed by atoms with Crippen molar-refractivity contribution in [3.63, 3.8) is 0 Å². The van der Waals surface area contributed by atoms with Crippen LogP contribution in [-0.4, -0.2) is 30.4 Å². The van der Waals surface area contributed by atoms with E-state index in [9.17, 15) is 19.7 Å². The number of nitro groups is 1. The number of hydrogen-bond donors (Lipinski definition) is 2. The Labute approximate surface area is 158 Å². The molecule has 0 atom stereocenters. The van der Waals surface area contributed by atoms with Crippen LogP contribution >= 0.6 is 23.2 Å². The standard InChI is InChI=1S/C16H13Cl2N3O5/c1-26-14-5-2-9(6-13(14)21(24)25)16(23)19-8-15(22)20-10-3-4-11(17)12(18)7-10/h2-7H,8H2,1H3,(H,19,23)(H,20,22). The molecule has 26 heavy (non-hydrogen) atoms. The molecular formula is C16H13Cl2N3O5. The lowest BCUT2D eigenvalue weighted by Crippen LogP contribution is -2.32. The van der Waals surface area contributed by atoms with Crippen molar-refractivity contribution in [2.24, 2.45) is 0 Å². The third kappa shape index (κ3) is 4.84. The van der Waals surface area contributed by atoms with Crippen molar-refractivity contribution in [1.29, 1.82) is 0 Å². The number of ether oxygens (including phenoxy) is 1.